The van der Waals surface area contributed by atoms with E-state index in [-0.39, 0.29) is 5.56 Å². The molecule has 0 atom stereocenters. The van der Waals surface area contributed by atoms with Crippen LogP contribution in [-0.2, 0) is 17.8 Å². The van der Waals surface area contributed by atoms with Gasteiger partial charge in [-0.2, -0.15) is 0 Å². The topological polar surface area (TPSA) is 75.3 Å². The smallest absolute Gasteiger partial charge is 0.348 e. The van der Waals surface area contributed by atoms with Gasteiger partial charge in [0.05, 0.1) is 19.0 Å². The van der Waals surface area contributed by atoms with Crippen LogP contribution in [0.3, 0.4) is 0 Å². The third kappa shape index (κ3) is 3.65. The molecule has 8 heteroatoms. The molecular weight excluding hydrogens is 374 g/mol. The van der Waals surface area contributed by atoms with Crippen LogP contribution in [-0.4, -0.2) is 35.0 Å². The normalized spacial score (nSPS) is 11.3. The first-order chi connectivity index (χ1) is 12.4. The van der Waals surface area contributed by atoms with E-state index in [1.54, 1.807) is 6.92 Å². The van der Waals surface area contributed by atoms with E-state index in [1.165, 1.54) is 18.4 Å². The van der Waals surface area contributed by atoms with Crippen molar-refractivity contribution >= 4 is 39.1 Å². The van der Waals surface area contributed by atoms with E-state index in [2.05, 4.69) is 9.97 Å². The number of carbonyl (C=O) groups is 1. The molecule has 0 saturated heterocycles. The van der Waals surface area contributed by atoms with Crippen molar-refractivity contribution in [1.29, 1.82) is 0 Å². The maximum Gasteiger partial charge on any atom is 0.348 e. The molecule has 1 aromatic carbocycles. The molecule has 0 amide bonds. The summed E-state index contributed by atoms with van der Waals surface area (Å²) in [7, 11) is 3.24. The quantitative estimate of drug-likeness (QED) is 0.675. The Labute approximate surface area is 159 Å². The number of aromatic amines is 1. The Balaban J connectivity index is 1.88. The summed E-state index contributed by atoms with van der Waals surface area (Å²) in [4.78, 5) is 34.6. The monoisotopic (exact) mass is 391 g/mol. The van der Waals surface area contributed by atoms with Gasteiger partial charge in [0.25, 0.3) is 5.56 Å². The SMILES string of the molecule is COC(=O)c1sc2nc(CN(C)Cc3ccccc3Cl)[nH]c(=O)c2c1C. The number of aromatic nitrogens is 2. The molecule has 0 bridgehead atoms. The number of halogens is 1. The Morgan fingerprint density at radius 2 is 2.08 bits per heavy atom. The second-order valence-electron chi connectivity index (χ2n) is 6.00. The van der Waals surface area contributed by atoms with Crippen LogP contribution in [0.25, 0.3) is 10.2 Å². The molecular formula is C18H18ClN3O3S. The molecule has 0 spiro atoms. The van der Waals surface area contributed by atoms with E-state index in [1.807, 2.05) is 36.2 Å². The molecule has 3 aromatic rings. The Morgan fingerprint density at radius 3 is 2.77 bits per heavy atom. The Kier molecular flexibility index (Phi) is 5.41. The number of rotatable bonds is 5. The fourth-order valence-corrected chi connectivity index (χ4v) is 4.09. The molecule has 2 aromatic heterocycles. The van der Waals surface area contributed by atoms with Crippen LogP contribution in [0.2, 0.25) is 5.02 Å². The zero-order valence-electron chi connectivity index (χ0n) is 14.6. The van der Waals surface area contributed by atoms with Gasteiger partial charge >= 0.3 is 5.97 Å². The minimum Gasteiger partial charge on any atom is -0.465 e. The second kappa shape index (κ2) is 7.57. The lowest BCUT2D eigenvalue weighted by Gasteiger charge is -2.16. The summed E-state index contributed by atoms with van der Waals surface area (Å²) in [5.41, 5.74) is 1.35. The number of aryl methyl sites for hydroxylation is 1. The van der Waals surface area contributed by atoms with Gasteiger partial charge in [-0.05, 0) is 31.2 Å². The summed E-state index contributed by atoms with van der Waals surface area (Å²) < 4.78 is 4.77. The van der Waals surface area contributed by atoms with Gasteiger partial charge in [-0.15, -0.1) is 11.3 Å². The van der Waals surface area contributed by atoms with E-state index in [9.17, 15) is 9.59 Å². The zero-order chi connectivity index (χ0) is 18.8. The Bertz CT molecular complexity index is 1030. The number of nitrogens with zero attached hydrogens (tertiary/aromatic N) is 2. The number of benzene rings is 1. The van der Waals surface area contributed by atoms with Gasteiger partial charge in [0, 0.05) is 11.6 Å². The molecule has 2 heterocycles. The number of hydrogen-bond acceptors (Lipinski definition) is 6. The highest BCUT2D eigenvalue weighted by molar-refractivity contribution is 7.20. The summed E-state index contributed by atoms with van der Waals surface area (Å²) in [6.45, 7) is 2.80. The average molecular weight is 392 g/mol. The standard InChI is InChI=1S/C18H18ClN3O3S/c1-10-14-16(23)20-13(21-17(14)26-15(10)18(24)25-3)9-22(2)8-11-6-4-5-7-12(11)19/h4-7H,8-9H2,1-3H3,(H,20,21,23). The highest BCUT2D eigenvalue weighted by Crippen LogP contribution is 2.27. The molecule has 0 radical (unpaired) electrons. The number of ether oxygens (including phenoxy) is 1. The highest BCUT2D eigenvalue weighted by atomic mass is 35.5. The van der Waals surface area contributed by atoms with Crippen LogP contribution in [0.1, 0.15) is 26.6 Å². The van der Waals surface area contributed by atoms with E-state index >= 15 is 0 Å². The van der Waals surface area contributed by atoms with Crippen LogP contribution >= 0.6 is 22.9 Å². The molecule has 136 valence electrons. The van der Waals surface area contributed by atoms with Crippen LogP contribution in [0.4, 0.5) is 0 Å². The summed E-state index contributed by atoms with van der Waals surface area (Å²) >= 11 is 7.37. The second-order valence-corrected chi connectivity index (χ2v) is 7.41. The van der Waals surface area contributed by atoms with Crippen LogP contribution in [0.15, 0.2) is 29.1 Å². The van der Waals surface area contributed by atoms with Crippen molar-refractivity contribution in [3.8, 4) is 0 Å². The van der Waals surface area contributed by atoms with Gasteiger partial charge in [-0.25, -0.2) is 9.78 Å². The van der Waals surface area contributed by atoms with Gasteiger partial charge in [0.15, 0.2) is 0 Å². The largest absolute Gasteiger partial charge is 0.465 e. The number of H-pyrrole nitrogens is 1. The average Bonchev–Trinajstić information content (AvgIpc) is 2.93. The van der Waals surface area contributed by atoms with Gasteiger partial charge < -0.3 is 9.72 Å². The van der Waals surface area contributed by atoms with Crippen molar-refractivity contribution in [2.24, 2.45) is 0 Å². The number of thiophene rings is 1. The maximum atomic E-state index is 12.5. The van der Waals surface area contributed by atoms with E-state index in [0.717, 1.165) is 5.56 Å². The molecule has 6 nitrogen and oxygen atoms in total. The van der Waals surface area contributed by atoms with Crippen LogP contribution < -0.4 is 5.56 Å². The number of methoxy groups -OCH3 is 1. The van der Waals surface area contributed by atoms with Gasteiger partial charge in [-0.3, -0.25) is 9.69 Å². The lowest BCUT2D eigenvalue weighted by atomic mass is 10.2. The lowest BCUT2D eigenvalue weighted by Crippen LogP contribution is -2.21. The fraction of sp³-hybridized carbons (Fsp3) is 0.278. The van der Waals surface area contributed by atoms with Crippen LogP contribution in [0, 0.1) is 6.92 Å². The predicted octanol–water partition coefficient (Wildman–Crippen LogP) is 3.37. The molecule has 1 N–H and O–H groups in total. The molecule has 26 heavy (non-hydrogen) atoms. The Hall–Kier alpha value is -2.22. The van der Waals surface area contributed by atoms with E-state index in [4.69, 9.17) is 16.3 Å². The molecule has 0 unspecified atom stereocenters. The zero-order valence-corrected chi connectivity index (χ0v) is 16.2. The van der Waals surface area contributed by atoms with Crippen molar-refractivity contribution in [1.82, 2.24) is 14.9 Å². The van der Waals surface area contributed by atoms with Crippen molar-refractivity contribution in [3.05, 3.63) is 61.5 Å². The highest BCUT2D eigenvalue weighted by Gasteiger charge is 2.20. The molecule has 0 aliphatic carbocycles. The number of nitrogens with one attached hydrogen (secondary N) is 1. The van der Waals surface area contributed by atoms with Crippen molar-refractivity contribution in [2.45, 2.75) is 20.0 Å². The molecule has 3 rings (SSSR count). The van der Waals surface area contributed by atoms with Crippen LogP contribution in [0.5, 0.6) is 0 Å². The predicted molar refractivity (Wildman–Crippen MR) is 103 cm³/mol. The first-order valence-corrected chi connectivity index (χ1v) is 9.12. The molecule has 0 aliphatic heterocycles. The third-order valence-electron chi connectivity index (χ3n) is 4.04. The van der Waals surface area contributed by atoms with Crippen molar-refractivity contribution < 1.29 is 9.53 Å². The fourth-order valence-electron chi connectivity index (χ4n) is 2.78. The minimum atomic E-state index is -0.456. The number of hydrogen-bond donors (Lipinski definition) is 1. The molecule has 0 aliphatic rings. The lowest BCUT2D eigenvalue weighted by molar-refractivity contribution is 0.0605. The Morgan fingerprint density at radius 1 is 1.35 bits per heavy atom. The third-order valence-corrected chi connectivity index (χ3v) is 5.57. The van der Waals surface area contributed by atoms with E-state index in [0.29, 0.717) is 44.6 Å². The first kappa shape index (κ1) is 18.6. The van der Waals surface area contributed by atoms with Crippen molar-refractivity contribution in [2.75, 3.05) is 14.2 Å². The number of carbonyl (C=O) groups excluding carboxylic acids is 1. The molecule has 0 saturated carbocycles. The summed E-state index contributed by atoms with van der Waals surface area (Å²) in [6, 6.07) is 7.63. The summed E-state index contributed by atoms with van der Waals surface area (Å²) in [6.07, 6.45) is 0. The maximum absolute atomic E-state index is 12.5. The number of esters is 1. The van der Waals surface area contributed by atoms with Gasteiger partial charge in [0.2, 0.25) is 0 Å². The summed E-state index contributed by atoms with van der Waals surface area (Å²) in [5, 5.41) is 1.14. The van der Waals surface area contributed by atoms with E-state index < -0.39 is 5.97 Å². The minimum absolute atomic E-state index is 0.250. The summed E-state index contributed by atoms with van der Waals surface area (Å²) in [5.74, 6) is 0.0806. The first-order valence-electron chi connectivity index (χ1n) is 7.93. The van der Waals surface area contributed by atoms with Gasteiger partial charge in [-0.1, -0.05) is 29.8 Å². The van der Waals surface area contributed by atoms with Crippen molar-refractivity contribution in [3.63, 3.8) is 0 Å². The van der Waals surface area contributed by atoms with Gasteiger partial charge in [0.1, 0.15) is 15.5 Å². The molecule has 0 fully saturated rings. The number of fused-ring (bicyclic) bond motifs is 1.